The third kappa shape index (κ3) is 2.35. The zero-order valence-corrected chi connectivity index (χ0v) is 9.47. The predicted molar refractivity (Wildman–Crippen MR) is 59.1 cm³/mol. The van der Waals surface area contributed by atoms with Gasteiger partial charge in [0.15, 0.2) is 0 Å². The van der Waals surface area contributed by atoms with Gasteiger partial charge in [0.2, 0.25) is 5.91 Å². The lowest BCUT2D eigenvalue weighted by molar-refractivity contribution is -0.121. The molecule has 5 heteroatoms. The van der Waals surface area contributed by atoms with E-state index in [1.807, 2.05) is 0 Å². The number of rotatable bonds is 2. The molecule has 1 aromatic carbocycles. The van der Waals surface area contributed by atoms with E-state index < -0.39 is 0 Å². The molecular formula is C10H10BrFN2O. The first-order chi connectivity index (χ1) is 7.16. The molecule has 0 aromatic heterocycles. The molecule has 0 saturated carbocycles. The number of halogens is 2. The molecular weight excluding hydrogens is 263 g/mol. The van der Waals surface area contributed by atoms with E-state index >= 15 is 0 Å². The van der Waals surface area contributed by atoms with Crippen LogP contribution in [0.2, 0.25) is 0 Å². The summed E-state index contributed by atoms with van der Waals surface area (Å²) in [5.74, 6) is -0.424. The molecule has 0 bridgehead atoms. The van der Waals surface area contributed by atoms with E-state index in [9.17, 15) is 9.18 Å². The molecule has 3 nitrogen and oxygen atoms in total. The summed E-state index contributed by atoms with van der Waals surface area (Å²) >= 11 is 3.05. The summed E-state index contributed by atoms with van der Waals surface area (Å²) in [4.78, 5) is 11.5. The first-order valence-electron chi connectivity index (χ1n) is 4.63. The summed E-state index contributed by atoms with van der Waals surface area (Å²) in [6, 6.07) is 4.54. The zero-order chi connectivity index (χ0) is 10.8. The van der Waals surface area contributed by atoms with E-state index in [0.29, 0.717) is 23.2 Å². The van der Waals surface area contributed by atoms with Crippen LogP contribution >= 0.6 is 15.9 Å². The highest BCUT2D eigenvalue weighted by Crippen LogP contribution is 2.20. The van der Waals surface area contributed by atoms with Gasteiger partial charge in [-0.25, -0.2) is 4.39 Å². The van der Waals surface area contributed by atoms with Crippen LogP contribution in [-0.2, 0) is 4.79 Å². The van der Waals surface area contributed by atoms with E-state index in [2.05, 4.69) is 26.6 Å². The Hall–Kier alpha value is -0.940. The molecule has 1 saturated heterocycles. The standard InChI is InChI=1S/C10H10BrFN2O/c11-8-2-1-7(3-9(8)12)14-10(15)6-4-13-5-6/h1-3,6,13H,4-5H2,(H,14,15). The molecule has 1 aromatic rings. The Morgan fingerprint density at radius 1 is 1.53 bits per heavy atom. The summed E-state index contributed by atoms with van der Waals surface area (Å²) in [6.07, 6.45) is 0. The van der Waals surface area contributed by atoms with Crippen molar-refractivity contribution in [2.45, 2.75) is 0 Å². The average Bonchev–Trinajstić information content (AvgIpc) is 2.08. The molecule has 15 heavy (non-hydrogen) atoms. The highest BCUT2D eigenvalue weighted by molar-refractivity contribution is 9.10. The van der Waals surface area contributed by atoms with Gasteiger partial charge in [0.1, 0.15) is 5.82 Å². The molecule has 0 unspecified atom stereocenters. The Bertz CT molecular complexity index is 393. The summed E-state index contributed by atoms with van der Waals surface area (Å²) in [6.45, 7) is 1.40. The summed E-state index contributed by atoms with van der Waals surface area (Å²) < 4.78 is 13.5. The zero-order valence-electron chi connectivity index (χ0n) is 7.89. The van der Waals surface area contributed by atoms with Crippen LogP contribution in [-0.4, -0.2) is 19.0 Å². The molecule has 1 fully saturated rings. The van der Waals surface area contributed by atoms with Crippen LogP contribution in [0.25, 0.3) is 0 Å². The third-order valence-corrected chi connectivity index (χ3v) is 2.98. The maximum Gasteiger partial charge on any atom is 0.230 e. The van der Waals surface area contributed by atoms with E-state index in [0.717, 1.165) is 0 Å². The van der Waals surface area contributed by atoms with Gasteiger partial charge in [0.05, 0.1) is 10.4 Å². The highest BCUT2D eigenvalue weighted by atomic mass is 79.9. The molecule has 0 radical (unpaired) electrons. The van der Waals surface area contributed by atoms with Crippen LogP contribution in [0.15, 0.2) is 22.7 Å². The van der Waals surface area contributed by atoms with Gasteiger partial charge >= 0.3 is 0 Å². The van der Waals surface area contributed by atoms with Gasteiger partial charge in [-0.3, -0.25) is 4.79 Å². The van der Waals surface area contributed by atoms with Crippen molar-refractivity contribution in [3.63, 3.8) is 0 Å². The lowest BCUT2D eigenvalue weighted by Crippen LogP contribution is -2.48. The van der Waals surface area contributed by atoms with Gasteiger partial charge in [0.25, 0.3) is 0 Å². The number of hydrogen-bond donors (Lipinski definition) is 2. The molecule has 0 aliphatic carbocycles. The Labute approximate surface area is 95.2 Å². The number of nitrogens with one attached hydrogen (secondary N) is 2. The minimum atomic E-state index is -0.375. The fraction of sp³-hybridized carbons (Fsp3) is 0.300. The monoisotopic (exact) mass is 272 g/mol. The van der Waals surface area contributed by atoms with Crippen molar-refractivity contribution >= 4 is 27.5 Å². The van der Waals surface area contributed by atoms with Gasteiger partial charge in [-0.1, -0.05) is 0 Å². The first-order valence-corrected chi connectivity index (χ1v) is 5.43. The smallest absolute Gasteiger partial charge is 0.230 e. The Morgan fingerprint density at radius 3 is 2.80 bits per heavy atom. The molecule has 0 atom stereocenters. The fourth-order valence-electron chi connectivity index (χ4n) is 1.29. The first kappa shape index (κ1) is 10.6. The maximum atomic E-state index is 13.1. The van der Waals surface area contributed by atoms with Crippen LogP contribution in [0, 0.1) is 11.7 Å². The third-order valence-electron chi connectivity index (χ3n) is 2.34. The second kappa shape index (κ2) is 4.28. The number of amides is 1. The second-order valence-electron chi connectivity index (χ2n) is 3.47. The molecule has 1 aliphatic heterocycles. The van der Waals surface area contributed by atoms with Crippen LogP contribution < -0.4 is 10.6 Å². The summed E-state index contributed by atoms with van der Waals surface area (Å²) in [7, 11) is 0. The van der Waals surface area contributed by atoms with Crippen molar-refractivity contribution in [1.82, 2.24) is 5.32 Å². The largest absolute Gasteiger partial charge is 0.326 e. The van der Waals surface area contributed by atoms with Crippen LogP contribution in [0.4, 0.5) is 10.1 Å². The van der Waals surface area contributed by atoms with Crippen molar-refractivity contribution in [1.29, 1.82) is 0 Å². The number of carbonyl (C=O) groups is 1. The SMILES string of the molecule is O=C(Nc1ccc(Br)c(F)c1)C1CNC1. The molecule has 80 valence electrons. The fourth-order valence-corrected chi connectivity index (χ4v) is 1.54. The van der Waals surface area contributed by atoms with Crippen molar-refractivity contribution in [2.24, 2.45) is 5.92 Å². The summed E-state index contributed by atoms with van der Waals surface area (Å²) in [5.41, 5.74) is 0.493. The number of anilines is 1. The molecule has 1 amide bonds. The van der Waals surface area contributed by atoms with Crippen LogP contribution in [0.3, 0.4) is 0 Å². The number of benzene rings is 1. The summed E-state index contributed by atoms with van der Waals surface area (Å²) in [5, 5.41) is 5.68. The van der Waals surface area contributed by atoms with Gasteiger partial charge in [0, 0.05) is 18.8 Å². The topological polar surface area (TPSA) is 41.1 Å². The quantitative estimate of drug-likeness (QED) is 0.861. The van der Waals surface area contributed by atoms with Gasteiger partial charge < -0.3 is 10.6 Å². The second-order valence-corrected chi connectivity index (χ2v) is 4.33. The lowest BCUT2D eigenvalue weighted by Gasteiger charge is -2.25. The Kier molecular flexibility index (Phi) is 3.02. The Balaban J connectivity index is 2.03. The molecule has 0 spiro atoms. The van der Waals surface area contributed by atoms with Crippen LogP contribution in [0.1, 0.15) is 0 Å². The van der Waals surface area contributed by atoms with Gasteiger partial charge in [-0.15, -0.1) is 0 Å². The molecule has 2 N–H and O–H groups in total. The van der Waals surface area contributed by atoms with E-state index in [4.69, 9.17) is 0 Å². The Morgan fingerprint density at radius 2 is 2.27 bits per heavy atom. The van der Waals surface area contributed by atoms with E-state index in [1.165, 1.54) is 6.07 Å². The average molecular weight is 273 g/mol. The van der Waals surface area contributed by atoms with Gasteiger partial charge in [-0.05, 0) is 34.1 Å². The van der Waals surface area contributed by atoms with E-state index in [1.54, 1.807) is 12.1 Å². The van der Waals surface area contributed by atoms with Crippen molar-refractivity contribution in [3.05, 3.63) is 28.5 Å². The normalized spacial score (nSPS) is 15.9. The van der Waals surface area contributed by atoms with Crippen molar-refractivity contribution in [3.8, 4) is 0 Å². The van der Waals surface area contributed by atoms with Crippen LogP contribution in [0.5, 0.6) is 0 Å². The van der Waals surface area contributed by atoms with E-state index in [-0.39, 0.29) is 17.6 Å². The highest BCUT2D eigenvalue weighted by Gasteiger charge is 2.24. The van der Waals surface area contributed by atoms with Crippen molar-refractivity contribution < 1.29 is 9.18 Å². The minimum Gasteiger partial charge on any atom is -0.326 e. The number of carbonyl (C=O) groups excluding carboxylic acids is 1. The van der Waals surface area contributed by atoms with Crippen molar-refractivity contribution in [2.75, 3.05) is 18.4 Å². The molecule has 1 heterocycles. The van der Waals surface area contributed by atoms with Gasteiger partial charge in [-0.2, -0.15) is 0 Å². The predicted octanol–water partition coefficient (Wildman–Crippen LogP) is 1.75. The number of hydrogen-bond acceptors (Lipinski definition) is 2. The molecule has 1 aliphatic rings. The lowest BCUT2D eigenvalue weighted by atomic mass is 10.0. The maximum absolute atomic E-state index is 13.1. The molecule has 2 rings (SSSR count). The minimum absolute atomic E-state index is 0.0108.